The maximum Gasteiger partial charge on any atom is 0.161 e. The van der Waals surface area contributed by atoms with Crippen LogP contribution in [0.5, 0.6) is 0 Å². The Kier molecular flexibility index (Phi) is 24.2. The van der Waals surface area contributed by atoms with Crippen molar-refractivity contribution >= 4 is 22.2 Å². The molecule has 1 atom stereocenters. The molecule has 0 fully saturated rings. The summed E-state index contributed by atoms with van der Waals surface area (Å²) in [5.41, 5.74) is 6.28. The molecule has 1 unspecified atom stereocenters. The SMILES string of the molecule is CCCCCCCCCCCCCCCC(CCC[SiH2]OC)CC(C)(C)N.Cl. The first-order valence-corrected chi connectivity index (χ1v) is 13.8. The van der Waals surface area contributed by atoms with Crippen molar-refractivity contribution in [3.63, 3.8) is 0 Å². The second kappa shape index (κ2) is 22.1. The molecule has 0 rings (SSSR count). The Hall–Kier alpha value is 0.427. The molecule has 4 heteroatoms. The van der Waals surface area contributed by atoms with Crippen molar-refractivity contribution < 1.29 is 4.43 Å². The maximum atomic E-state index is 6.29. The predicted octanol–water partition coefficient (Wildman–Crippen LogP) is 7.56. The van der Waals surface area contributed by atoms with Crippen LogP contribution >= 0.6 is 12.4 Å². The van der Waals surface area contributed by atoms with Gasteiger partial charge in [0, 0.05) is 12.6 Å². The zero-order valence-corrected chi connectivity index (χ0v) is 22.1. The first kappa shape index (κ1) is 30.6. The second-order valence-corrected chi connectivity index (χ2v) is 11.3. The molecule has 0 aliphatic rings. The molecule has 0 heterocycles. The van der Waals surface area contributed by atoms with Crippen molar-refractivity contribution in [1.82, 2.24) is 0 Å². The predicted molar refractivity (Wildman–Crippen MR) is 134 cm³/mol. The number of hydrogen-bond acceptors (Lipinski definition) is 2. The van der Waals surface area contributed by atoms with Crippen molar-refractivity contribution in [3.8, 4) is 0 Å². The highest BCUT2D eigenvalue weighted by Gasteiger charge is 2.18. The largest absolute Gasteiger partial charge is 0.427 e. The summed E-state index contributed by atoms with van der Waals surface area (Å²) in [7, 11) is 1.62. The van der Waals surface area contributed by atoms with Gasteiger partial charge in [-0.2, -0.15) is 0 Å². The highest BCUT2D eigenvalue weighted by Crippen LogP contribution is 2.25. The zero-order valence-electron chi connectivity index (χ0n) is 19.9. The van der Waals surface area contributed by atoms with Crippen LogP contribution in [0.1, 0.15) is 130 Å². The first-order chi connectivity index (χ1) is 13.0. The molecule has 0 aliphatic carbocycles. The molecule has 0 aromatic heterocycles. The summed E-state index contributed by atoms with van der Waals surface area (Å²) in [6.07, 6.45) is 24.0. The van der Waals surface area contributed by atoms with Crippen LogP contribution in [0.2, 0.25) is 6.04 Å². The monoisotopic (exact) mass is 435 g/mol. The lowest BCUT2D eigenvalue weighted by Gasteiger charge is -2.26. The quantitative estimate of drug-likeness (QED) is 0.149. The number of unbranched alkanes of at least 4 members (excludes halogenated alkanes) is 12. The summed E-state index contributed by atoms with van der Waals surface area (Å²) < 4.78 is 5.32. The number of halogens is 1. The number of rotatable bonds is 21. The van der Waals surface area contributed by atoms with Crippen LogP contribution in [-0.4, -0.2) is 22.4 Å². The summed E-state index contributed by atoms with van der Waals surface area (Å²) in [6.45, 7) is 6.67. The number of nitrogens with two attached hydrogens (primary N) is 1. The molecule has 0 saturated carbocycles. The Morgan fingerprint density at radius 3 is 1.61 bits per heavy atom. The molecule has 0 aromatic carbocycles. The van der Waals surface area contributed by atoms with E-state index in [-0.39, 0.29) is 27.7 Å². The van der Waals surface area contributed by atoms with E-state index in [2.05, 4.69) is 20.8 Å². The van der Waals surface area contributed by atoms with Gasteiger partial charge >= 0.3 is 0 Å². The van der Waals surface area contributed by atoms with Gasteiger partial charge in [-0.15, -0.1) is 12.4 Å². The molecule has 0 aromatic rings. The highest BCUT2D eigenvalue weighted by atomic mass is 35.5. The minimum Gasteiger partial charge on any atom is -0.427 e. The molecule has 0 amide bonds. The van der Waals surface area contributed by atoms with Crippen LogP contribution in [0.3, 0.4) is 0 Å². The molecule has 2 N–H and O–H groups in total. The lowest BCUT2D eigenvalue weighted by atomic mass is 9.85. The van der Waals surface area contributed by atoms with Crippen molar-refractivity contribution in [1.29, 1.82) is 0 Å². The van der Waals surface area contributed by atoms with Crippen LogP contribution < -0.4 is 5.73 Å². The highest BCUT2D eigenvalue weighted by molar-refractivity contribution is 6.26. The van der Waals surface area contributed by atoms with Crippen LogP contribution in [-0.2, 0) is 4.43 Å². The van der Waals surface area contributed by atoms with E-state index in [0.717, 1.165) is 5.92 Å². The molecule has 172 valence electrons. The van der Waals surface area contributed by atoms with Crippen molar-refractivity contribution in [2.24, 2.45) is 11.7 Å². The third kappa shape index (κ3) is 24.5. The minimum absolute atomic E-state index is 0. The van der Waals surface area contributed by atoms with Gasteiger partial charge in [-0.05, 0) is 32.2 Å². The van der Waals surface area contributed by atoms with Crippen molar-refractivity contribution in [2.75, 3.05) is 7.11 Å². The van der Waals surface area contributed by atoms with Gasteiger partial charge in [-0.1, -0.05) is 110 Å². The normalized spacial score (nSPS) is 13.2. The standard InChI is InChI=1S/C24H53NOSi.ClH/c1-5-6-7-8-9-10-11-12-13-14-15-16-17-19-23(22-24(2,3)25)20-18-21-27-26-4;/h23H,5-22,25,27H2,1-4H3;1H. The first-order valence-electron chi connectivity index (χ1n) is 12.3. The topological polar surface area (TPSA) is 35.2 Å². The van der Waals surface area contributed by atoms with E-state index < -0.39 is 0 Å². The van der Waals surface area contributed by atoms with E-state index in [1.54, 1.807) is 0 Å². The Bertz CT molecular complexity index is 297. The van der Waals surface area contributed by atoms with Gasteiger partial charge in [-0.25, -0.2) is 0 Å². The Morgan fingerprint density at radius 2 is 1.18 bits per heavy atom. The van der Waals surface area contributed by atoms with Crippen molar-refractivity contribution in [3.05, 3.63) is 0 Å². The number of hydrogen-bond donors (Lipinski definition) is 1. The third-order valence-corrected chi connectivity index (χ3v) is 6.94. The molecule has 2 nitrogen and oxygen atoms in total. The summed E-state index contributed by atoms with van der Waals surface area (Å²) in [6, 6.07) is 1.33. The van der Waals surface area contributed by atoms with Gasteiger partial charge in [0.05, 0.1) is 0 Å². The third-order valence-electron chi connectivity index (χ3n) is 5.74. The molecular weight excluding hydrogens is 382 g/mol. The van der Waals surface area contributed by atoms with E-state index in [0.29, 0.717) is 0 Å². The summed E-state index contributed by atoms with van der Waals surface area (Å²) in [5.74, 6) is 0.823. The van der Waals surface area contributed by atoms with Gasteiger partial charge in [0.1, 0.15) is 0 Å². The lowest BCUT2D eigenvalue weighted by Crippen LogP contribution is -2.34. The molecule has 0 aliphatic heterocycles. The second-order valence-electron chi connectivity index (χ2n) is 9.58. The Labute approximate surface area is 186 Å². The fraction of sp³-hybridized carbons (Fsp3) is 1.00. The van der Waals surface area contributed by atoms with E-state index in [1.165, 1.54) is 115 Å². The van der Waals surface area contributed by atoms with Crippen LogP contribution in [0.25, 0.3) is 0 Å². The summed E-state index contributed by atoms with van der Waals surface area (Å²) in [5, 5.41) is 0. The fourth-order valence-corrected chi connectivity index (χ4v) is 5.00. The van der Waals surface area contributed by atoms with E-state index in [1.807, 2.05) is 7.11 Å². The van der Waals surface area contributed by atoms with E-state index >= 15 is 0 Å². The molecule has 0 bridgehead atoms. The molecular formula is C24H54ClNOSi. The smallest absolute Gasteiger partial charge is 0.161 e. The Morgan fingerprint density at radius 1 is 0.750 bits per heavy atom. The average molecular weight is 436 g/mol. The van der Waals surface area contributed by atoms with Crippen LogP contribution in [0.15, 0.2) is 0 Å². The molecule has 28 heavy (non-hydrogen) atoms. The van der Waals surface area contributed by atoms with Gasteiger partial charge in [0.2, 0.25) is 0 Å². The van der Waals surface area contributed by atoms with Crippen LogP contribution in [0.4, 0.5) is 0 Å². The molecule has 0 saturated heterocycles. The van der Waals surface area contributed by atoms with Gasteiger partial charge < -0.3 is 10.2 Å². The Balaban J connectivity index is 0. The summed E-state index contributed by atoms with van der Waals surface area (Å²) in [4.78, 5) is 0. The molecule has 0 spiro atoms. The maximum absolute atomic E-state index is 6.29. The van der Waals surface area contributed by atoms with E-state index in [4.69, 9.17) is 10.2 Å². The average Bonchev–Trinajstić information content (AvgIpc) is 2.61. The van der Waals surface area contributed by atoms with E-state index in [9.17, 15) is 0 Å². The summed E-state index contributed by atoms with van der Waals surface area (Å²) >= 11 is 0. The minimum atomic E-state index is -0.240. The van der Waals surface area contributed by atoms with Crippen LogP contribution in [0, 0.1) is 5.92 Å². The molecule has 0 radical (unpaired) electrons. The van der Waals surface area contributed by atoms with Crippen molar-refractivity contribution in [2.45, 2.75) is 142 Å². The van der Waals surface area contributed by atoms with Gasteiger partial charge in [0.25, 0.3) is 0 Å². The zero-order chi connectivity index (χ0) is 20.2. The van der Waals surface area contributed by atoms with Gasteiger partial charge in [0.15, 0.2) is 9.76 Å². The van der Waals surface area contributed by atoms with Gasteiger partial charge in [-0.3, -0.25) is 0 Å². The lowest BCUT2D eigenvalue weighted by molar-refractivity contribution is 0.314. The fourth-order valence-electron chi connectivity index (χ4n) is 4.22.